The number of hydrogen-bond donors (Lipinski definition) is 1. The maximum absolute atomic E-state index is 3.76. The van der Waals surface area contributed by atoms with Gasteiger partial charge in [0.15, 0.2) is 0 Å². The van der Waals surface area contributed by atoms with Gasteiger partial charge in [0.1, 0.15) is 0 Å². The Kier molecular flexibility index (Phi) is 5.71. The zero-order valence-corrected chi connectivity index (χ0v) is 12.9. The van der Waals surface area contributed by atoms with Crippen molar-refractivity contribution < 1.29 is 0 Å². The zero-order valence-electron chi connectivity index (χ0n) is 11.3. The molecule has 1 nitrogen and oxygen atoms in total. The molecule has 1 aromatic rings. The van der Waals surface area contributed by atoms with E-state index in [-0.39, 0.29) is 0 Å². The van der Waals surface area contributed by atoms with Crippen LogP contribution in [0.2, 0.25) is 0 Å². The molecule has 0 radical (unpaired) electrons. The Labute approximate surface area is 119 Å². The van der Waals surface area contributed by atoms with Gasteiger partial charge in [-0.1, -0.05) is 54.2 Å². The molecule has 0 amide bonds. The average Bonchev–Trinajstić information content (AvgIpc) is 2.43. The highest BCUT2D eigenvalue weighted by atomic mass is 79.9. The van der Waals surface area contributed by atoms with E-state index in [2.05, 4.69) is 52.4 Å². The standard InChI is InChI=1S/C16H24BrN/c1-2-16(14-6-4-3-5-7-14)18-12-13-8-10-15(17)11-9-13/h8-11,14,16,18H,2-7,12H2,1H3. The number of rotatable bonds is 5. The molecule has 1 fully saturated rings. The van der Waals surface area contributed by atoms with Crippen LogP contribution in [0.4, 0.5) is 0 Å². The molecule has 0 bridgehead atoms. The average molecular weight is 310 g/mol. The van der Waals surface area contributed by atoms with Crippen LogP contribution in [0.15, 0.2) is 28.7 Å². The number of hydrogen-bond acceptors (Lipinski definition) is 1. The van der Waals surface area contributed by atoms with Crippen LogP contribution >= 0.6 is 15.9 Å². The van der Waals surface area contributed by atoms with Crippen LogP contribution in [-0.4, -0.2) is 6.04 Å². The predicted molar refractivity (Wildman–Crippen MR) is 81.6 cm³/mol. The summed E-state index contributed by atoms with van der Waals surface area (Å²) in [6, 6.07) is 9.35. The van der Waals surface area contributed by atoms with Crippen LogP contribution in [0.25, 0.3) is 0 Å². The molecule has 0 spiro atoms. The summed E-state index contributed by atoms with van der Waals surface area (Å²) in [6.07, 6.45) is 8.40. The van der Waals surface area contributed by atoms with Gasteiger partial charge in [-0.15, -0.1) is 0 Å². The van der Waals surface area contributed by atoms with Crippen LogP contribution in [0.1, 0.15) is 51.0 Å². The Hall–Kier alpha value is -0.340. The van der Waals surface area contributed by atoms with E-state index in [1.165, 1.54) is 44.1 Å². The first kappa shape index (κ1) is 14.1. The van der Waals surface area contributed by atoms with Crippen molar-refractivity contribution >= 4 is 15.9 Å². The molecule has 0 heterocycles. The van der Waals surface area contributed by atoms with Crippen molar-refractivity contribution in [3.05, 3.63) is 34.3 Å². The summed E-state index contributed by atoms with van der Waals surface area (Å²) in [5.74, 6) is 0.902. The number of halogens is 1. The Morgan fingerprint density at radius 2 is 1.83 bits per heavy atom. The maximum Gasteiger partial charge on any atom is 0.0208 e. The lowest BCUT2D eigenvalue weighted by Crippen LogP contribution is -2.36. The van der Waals surface area contributed by atoms with Crippen LogP contribution in [0, 0.1) is 5.92 Å². The summed E-state index contributed by atoms with van der Waals surface area (Å²) in [7, 11) is 0. The fourth-order valence-electron chi connectivity index (χ4n) is 3.03. The largest absolute Gasteiger partial charge is 0.310 e. The van der Waals surface area contributed by atoms with E-state index in [0.29, 0.717) is 6.04 Å². The normalized spacial score (nSPS) is 18.8. The van der Waals surface area contributed by atoms with Crippen LogP contribution in [-0.2, 0) is 6.54 Å². The molecule has 2 rings (SSSR count). The Bertz CT molecular complexity index is 341. The molecular weight excluding hydrogens is 286 g/mol. The monoisotopic (exact) mass is 309 g/mol. The maximum atomic E-state index is 3.76. The highest BCUT2D eigenvalue weighted by molar-refractivity contribution is 9.10. The lowest BCUT2D eigenvalue weighted by Gasteiger charge is -2.30. The molecule has 0 aliphatic heterocycles. The lowest BCUT2D eigenvalue weighted by molar-refractivity contribution is 0.262. The molecule has 100 valence electrons. The third-order valence-corrected chi connectivity index (χ3v) is 4.67. The van der Waals surface area contributed by atoms with E-state index < -0.39 is 0 Å². The summed E-state index contributed by atoms with van der Waals surface area (Å²) >= 11 is 3.48. The van der Waals surface area contributed by atoms with E-state index >= 15 is 0 Å². The topological polar surface area (TPSA) is 12.0 Å². The van der Waals surface area contributed by atoms with E-state index in [1.54, 1.807) is 0 Å². The molecule has 1 aliphatic rings. The fourth-order valence-corrected chi connectivity index (χ4v) is 3.30. The van der Waals surface area contributed by atoms with Gasteiger partial charge in [-0.2, -0.15) is 0 Å². The SMILES string of the molecule is CCC(NCc1ccc(Br)cc1)C1CCCCC1. The van der Waals surface area contributed by atoms with Gasteiger partial charge < -0.3 is 5.32 Å². The van der Waals surface area contributed by atoms with Crippen LogP contribution < -0.4 is 5.32 Å². The second-order valence-electron chi connectivity index (χ2n) is 5.42. The van der Waals surface area contributed by atoms with Gasteiger partial charge in [0, 0.05) is 17.1 Å². The molecular formula is C16H24BrN. The molecule has 1 aromatic carbocycles. The highest BCUT2D eigenvalue weighted by Gasteiger charge is 2.21. The first-order valence-corrected chi connectivity index (χ1v) is 8.06. The van der Waals surface area contributed by atoms with Crippen molar-refractivity contribution in [3.63, 3.8) is 0 Å². The van der Waals surface area contributed by atoms with Gasteiger partial charge in [-0.25, -0.2) is 0 Å². The van der Waals surface area contributed by atoms with Gasteiger partial charge in [0.2, 0.25) is 0 Å². The predicted octanol–water partition coefficient (Wildman–Crippen LogP) is 4.90. The third-order valence-electron chi connectivity index (χ3n) is 4.14. The van der Waals surface area contributed by atoms with Crippen molar-refractivity contribution in [3.8, 4) is 0 Å². The molecule has 2 heteroatoms. The van der Waals surface area contributed by atoms with E-state index in [1.807, 2.05) is 0 Å². The van der Waals surface area contributed by atoms with Gasteiger partial charge in [0.25, 0.3) is 0 Å². The van der Waals surface area contributed by atoms with Gasteiger partial charge >= 0.3 is 0 Å². The van der Waals surface area contributed by atoms with Crippen molar-refractivity contribution in [1.82, 2.24) is 5.32 Å². The number of nitrogens with one attached hydrogen (secondary N) is 1. The minimum absolute atomic E-state index is 0.703. The Balaban J connectivity index is 1.84. The minimum Gasteiger partial charge on any atom is -0.310 e. The smallest absolute Gasteiger partial charge is 0.0208 e. The summed E-state index contributed by atoms with van der Waals surface area (Å²) in [4.78, 5) is 0. The molecule has 0 aromatic heterocycles. The minimum atomic E-state index is 0.703. The first-order chi connectivity index (χ1) is 8.79. The van der Waals surface area contributed by atoms with Gasteiger partial charge in [-0.3, -0.25) is 0 Å². The molecule has 0 saturated heterocycles. The van der Waals surface area contributed by atoms with E-state index in [4.69, 9.17) is 0 Å². The summed E-state index contributed by atoms with van der Waals surface area (Å²) in [5.41, 5.74) is 1.38. The van der Waals surface area contributed by atoms with E-state index in [0.717, 1.165) is 16.9 Å². The number of benzene rings is 1. The van der Waals surface area contributed by atoms with Crippen molar-refractivity contribution in [2.75, 3.05) is 0 Å². The summed E-state index contributed by atoms with van der Waals surface area (Å²) in [5, 5.41) is 3.76. The Morgan fingerprint density at radius 1 is 1.17 bits per heavy atom. The molecule has 1 aliphatic carbocycles. The second-order valence-corrected chi connectivity index (χ2v) is 6.34. The van der Waals surface area contributed by atoms with Gasteiger partial charge in [0.05, 0.1) is 0 Å². The molecule has 1 unspecified atom stereocenters. The quantitative estimate of drug-likeness (QED) is 0.816. The third kappa shape index (κ3) is 4.10. The fraction of sp³-hybridized carbons (Fsp3) is 0.625. The van der Waals surface area contributed by atoms with Crippen molar-refractivity contribution in [2.24, 2.45) is 5.92 Å². The zero-order chi connectivity index (χ0) is 12.8. The molecule has 1 saturated carbocycles. The summed E-state index contributed by atoms with van der Waals surface area (Å²) < 4.78 is 1.16. The van der Waals surface area contributed by atoms with E-state index in [9.17, 15) is 0 Å². The highest BCUT2D eigenvalue weighted by Crippen LogP contribution is 2.27. The molecule has 1 atom stereocenters. The first-order valence-electron chi connectivity index (χ1n) is 7.27. The molecule has 18 heavy (non-hydrogen) atoms. The summed E-state index contributed by atoms with van der Waals surface area (Å²) in [6.45, 7) is 3.32. The van der Waals surface area contributed by atoms with Gasteiger partial charge in [-0.05, 0) is 42.9 Å². The lowest BCUT2D eigenvalue weighted by atomic mass is 9.83. The Morgan fingerprint density at radius 3 is 2.44 bits per heavy atom. The molecule has 1 N–H and O–H groups in total. The van der Waals surface area contributed by atoms with Crippen LogP contribution in [0.5, 0.6) is 0 Å². The van der Waals surface area contributed by atoms with Crippen molar-refractivity contribution in [2.45, 2.75) is 58.0 Å². The van der Waals surface area contributed by atoms with Crippen LogP contribution in [0.3, 0.4) is 0 Å². The second kappa shape index (κ2) is 7.30. The van der Waals surface area contributed by atoms with Crippen molar-refractivity contribution in [1.29, 1.82) is 0 Å².